The summed E-state index contributed by atoms with van der Waals surface area (Å²) >= 11 is 0. The molecule has 7 heteroatoms. The van der Waals surface area contributed by atoms with Crippen LogP contribution in [0.5, 0.6) is 0 Å². The summed E-state index contributed by atoms with van der Waals surface area (Å²) in [6, 6.07) is 13.4. The summed E-state index contributed by atoms with van der Waals surface area (Å²) < 4.78 is 0. The molecule has 1 atom stereocenters. The first-order chi connectivity index (χ1) is 13.6. The van der Waals surface area contributed by atoms with Crippen LogP contribution >= 0.6 is 0 Å². The van der Waals surface area contributed by atoms with Gasteiger partial charge in [-0.15, -0.1) is 0 Å². The van der Waals surface area contributed by atoms with Crippen LogP contribution in [0.1, 0.15) is 31.4 Å². The molecule has 0 aromatic heterocycles. The smallest absolute Gasteiger partial charge is 0.317 e. The van der Waals surface area contributed by atoms with Crippen molar-refractivity contribution in [1.29, 1.82) is 0 Å². The Hall–Kier alpha value is -2.80. The number of rotatable bonds is 5. The number of aliphatic hydroxyl groups is 1. The molecule has 4 amide bonds. The van der Waals surface area contributed by atoms with Gasteiger partial charge in [0.25, 0.3) is 0 Å². The first-order valence-corrected chi connectivity index (χ1v) is 9.80. The van der Waals surface area contributed by atoms with Crippen LogP contribution in [0.3, 0.4) is 0 Å². The van der Waals surface area contributed by atoms with Gasteiger partial charge in [-0.1, -0.05) is 36.4 Å². The highest BCUT2D eigenvalue weighted by Crippen LogP contribution is 2.20. The zero-order valence-electron chi connectivity index (χ0n) is 16.1. The van der Waals surface area contributed by atoms with Gasteiger partial charge in [0.15, 0.2) is 0 Å². The van der Waals surface area contributed by atoms with E-state index in [0.29, 0.717) is 19.6 Å². The van der Waals surface area contributed by atoms with Crippen LogP contribution < -0.4 is 16.0 Å². The van der Waals surface area contributed by atoms with Crippen molar-refractivity contribution >= 4 is 22.8 Å². The molecule has 1 saturated heterocycles. The molecule has 2 aromatic rings. The quantitative estimate of drug-likeness (QED) is 0.638. The zero-order valence-corrected chi connectivity index (χ0v) is 16.1. The Kier molecular flexibility index (Phi) is 6.71. The van der Waals surface area contributed by atoms with Crippen LogP contribution in [0.25, 0.3) is 10.8 Å². The normalized spacial score (nSPS) is 15.9. The average Bonchev–Trinajstić information content (AvgIpc) is 2.72. The number of carbonyl (C=O) groups excluding carboxylic acids is 2. The number of amides is 4. The number of aliphatic hydroxyl groups excluding tert-OH is 1. The molecule has 0 radical (unpaired) electrons. The van der Waals surface area contributed by atoms with Crippen LogP contribution in [0.2, 0.25) is 0 Å². The first kappa shape index (κ1) is 19.9. The van der Waals surface area contributed by atoms with E-state index in [2.05, 4.69) is 16.0 Å². The lowest BCUT2D eigenvalue weighted by molar-refractivity contribution is 0.167. The molecule has 28 heavy (non-hydrogen) atoms. The molecule has 3 rings (SSSR count). The number of likely N-dealkylation sites (tertiary alicyclic amines) is 1. The van der Waals surface area contributed by atoms with Gasteiger partial charge in [-0.25, -0.2) is 9.59 Å². The molecule has 1 fully saturated rings. The third-order valence-corrected chi connectivity index (χ3v) is 5.06. The second-order valence-corrected chi connectivity index (χ2v) is 7.07. The van der Waals surface area contributed by atoms with E-state index < -0.39 is 6.10 Å². The van der Waals surface area contributed by atoms with Gasteiger partial charge in [0, 0.05) is 32.2 Å². The van der Waals surface area contributed by atoms with Crippen LogP contribution in [0.15, 0.2) is 42.5 Å². The van der Waals surface area contributed by atoms with Crippen molar-refractivity contribution in [2.45, 2.75) is 31.9 Å². The van der Waals surface area contributed by atoms with E-state index >= 15 is 0 Å². The molecule has 0 aliphatic carbocycles. The number of urea groups is 2. The number of hydrogen-bond acceptors (Lipinski definition) is 3. The molecule has 4 N–H and O–H groups in total. The van der Waals surface area contributed by atoms with Crippen molar-refractivity contribution in [1.82, 2.24) is 20.9 Å². The maximum atomic E-state index is 12.2. The molecule has 7 nitrogen and oxygen atoms in total. The highest BCUT2D eigenvalue weighted by atomic mass is 16.3. The largest absolute Gasteiger partial charge is 0.387 e. The number of fused-ring (bicyclic) bond motifs is 1. The third-order valence-electron chi connectivity index (χ3n) is 5.06. The van der Waals surface area contributed by atoms with E-state index in [-0.39, 0.29) is 24.6 Å². The van der Waals surface area contributed by atoms with Crippen LogP contribution in [-0.2, 0) is 0 Å². The lowest BCUT2D eigenvalue weighted by Gasteiger charge is -2.32. The summed E-state index contributed by atoms with van der Waals surface area (Å²) in [4.78, 5) is 25.7. The molecular weight excluding hydrogens is 356 g/mol. The lowest BCUT2D eigenvalue weighted by atomic mass is 10.0. The number of piperidine rings is 1. The maximum absolute atomic E-state index is 12.2. The summed E-state index contributed by atoms with van der Waals surface area (Å²) in [5.41, 5.74) is 0.772. The van der Waals surface area contributed by atoms with E-state index in [1.54, 1.807) is 4.90 Å². The van der Waals surface area contributed by atoms with E-state index in [1.165, 1.54) is 0 Å². The van der Waals surface area contributed by atoms with Crippen molar-refractivity contribution in [3.05, 3.63) is 48.0 Å². The molecule has 0 bridgehead atoms. The molecule has 0 saturated carbocycles. The van der Waals surface area contributed by atoms with Crippen LogP contribution in [0.4, 0.5) is 9.59 Å². The molecule has 0 spiro atoms. The monoisotopic (exact) mass is 384 g/mol. The third kappa shape index (κ3) is 5.13. The number of benzene rings is 2. The molecule has 0 unspecified atom stereocenters. The molecule has 1 heterocycles. The highest BCUT2D eigenvalue weighted by Gasteiger charge is 2.23. The van der Waals surface area contributed by atoms with Gasteiger partial charge >= 0.3 is 12.1 Å². The number of hydrogen-bond donors (Lipinski definition) is 4. The van der Waals surface area contributed by atoms with Gasteiger partial charge in [-0.05, 0) is 42.2 Å². The Morgan fingerprint density at radius 1 is 1.11 bits per heavy atom. The van der Waals surface area contributed by atoms with Gasteiger partial charge < -0.3 is 26.0 Å². The predicted molar refractivity (Wildman–Crippen MR) is 109 cm³/mol. The van der Waals surface area contributed by atoms with Crippen molar-refractivity contribution in [2.75, 3.05) is 26.2 Å². The number of carbonyl (C=O) groups is 2. The minimum Gasteiger partial charge on any atom is -0.387 e. The number of nitrogens with one attached hydrogen (secondary N) is 3. The fourth-order valence-corrected chi connectivity index (χ4v) is 3.45. The molecule has 150 valence electrons. The minimum absolute atomic E-state index is 0.0310. The minimum atomic E-state index is -0.769. The molecule has 1 aliphatic rings. The summed E-state index contributed by atoms with van der Waals surface area (Å²) in [6.07, 6.45) is 0.671. The van der Waals surface area contributed by atoms with Gasteiger partial charge in [-0.2, -0.15) is 0 Å². The van der Waals surface area contributed by atoms with Crippen molar-refractivity contribution < 1.29 is 14.7 Å². The average molecular weight is 384 g/mol. The Bertz CT molecular complexity index is 818. The van der Waals surface area contributed by atoms with Gasteiger partial charge in [-0.3, -0.25) is 0 Å². The Labute approximate surface area is 165 Å². The fraction of sp³-hybridized carbons (Fsp3) is 0.429. The van der Waals surface area contributed by atoms with E-state index in [0.717, 1.165) is 29.2 Å². The standard InChI is InChI=1S/C21H28N4O3/c1-2-22-21(28)25-11-9-18(10-12-25)24-20(27)23-14-19(26)17-8-7-15-5-3-4-6-16(15)13-17/h3-8,13,18-19,26H,2,9-12,14H2,1H3,(H,22,28)(H2,23,24,27)/t19-/m1/s1. The van der Waals surface area contributed by atoms with E-state index in [9.17, 15) is 14.7 Å². The topological polar surface area (TPSA) is 93.7 Å². The van der Waals surface area contributed by atoms with Gasteiger partial charge in [0.05, 0.1) is 6.10 Å². The SMILES string of the molecule is CCNC(=O)N1CCC(NC(=O)NC[C@@H](O)c2ccc3ccccc3c2)CC1. The molecule has 1 aliphatic heterocycles. The molecular formula is C21H28N4O3. The first-order valence-electron chi connectivity index (χ1n) is 9.80. The number of nitrogens with zero attached hydrogens (tertiary/aromatic N) is 1. The lowest BCUT2D eigenvalue weighted by Crippen LogP contribution is -2.51. The van der Waals surface area contributed by atoms with Gasteiger partial charge in [0.2, 0.25) is 0 Å². The predicted octanol–water partition coefficient (Wildman–Crippen LogP) is 2.37. The zero-order chi connectivity index (χ0) is 19.9. The fourth-order valence-electron chi connectivity index (χ4n) is 3.45. The van der Waals surface area contributed by atoms with E-state index in [4.69, 9.17) is 0 Å². The van der Waals surface area contributed by atoms with Crippen molar-refractivity contribution in [2.24, 2.45) is 0 Å². The summed E-state index contributed by atoms with van der Waals surface area (Å²) in [7, 11) is 0. The van der Waals surface area contributed by atoms with Crippen molar-refractivity contribution in [3.8, 4) is 0 Å². The van der Waals surface area contributed by atoms with Crippen LogP contribution in [-0.4, -0.2) is 54.3 Å². The Morgan fingerprint density at radius 3 is 2.54 bits per heavy atom. The summed E-state index contributed by atoms with van der Waals surface area (Å²) in [6.45, 7) is 3.89. The van der Waals surface area contributed by atoms with Crippen molar-refractivity contribution in [3.63, 3.8) is 0 Å². The highest BCUT2D eigenvalue weighted by molar-refractivity contribution is 5.83. The Morgan fingerprint density at radius 2 is 1.82 bits per heavy atom. The summed E-state index contributed by atoms with van der Waals surface area (Å²) in [5.74, 6) is 0. The van der Waals surface area contributed by atoms with Crippen LogP contribution in [0, 0.1) is 0 Å². The Balaban J connectivity index is 1.43. The second-order valence-electron chi connectivity index (χ2n) is 7.07. The second kappa shape index (κ2) is 9.41. The van der Waals surface area contributed by atoms with E-state index in [1.807, 2.05) is 49.4 Å². The molecule has 2 aromatic carbocycles. The maximum Gasteiger partial charge on any atom is 0.317 e. The van der Waals surface area contributed by atoms with Gasteiger partial charge in [0.1, 0.15) is 0 Å². The summed E-state index contributed by atoms with van der Waals surface area (Å²) in [5, 5.41) is 21.0.